The van der Waals surface area contributed by atoms with Crippen molar-refractivity contribution >= 4 is 5.97 Å². The molecular weight excluding hydrogens is 230 g/mol. The third-order valence-corrected chi connectivity index (χ3v) is 3.59. The summed E-state index contributed by atoms with van der Waals surface area (Å²) < 4.78 is 10.8. The van der Waals surface area contributed by atoms with Crippen LogP contribution in [0.3, 0.4) is 0 Å². The second-order valence-electron chi connectivity index (χ2n) is 4.97. The Morgan fingerprint density at radius 2 is 2.17 bits per heavy atom. The molecular formula is C14H27NO3. The van der Waals surface area contributed by atoms with E-state index in [0.29, 0.717) is 6.61 Å². The van der Waals surface area contributed by atoms with Crippen molar-refractivity contribution in [1.29, 1.82) is 0 Å². The van der Waals surface area contributed by atoms with Crippen molar-refractivity contribution in [3.05, 3.63) is 0 Å². The van der Waals surface area contributed by atoms with Gasteiger partial charge in [-0.2, -0.15) is 0 Å². The van der Waals surface area contributed by atoms with Crippen molar-refractivity contribution in [3.63, 3.8) is 0 Å². The maximum atomic E-state index is 11.8. The van der Waals surface area contributed by atoms with Crippen molar-refractivity contribution in [1.82, 2.24) is 4.90 Å². The van der Waals surface area contributed by atoms with Crippen molar-refractivity contribution in [2.45, 2.75) is 46.1 Å². The van der Waals surface area contributed by atoms with Crippen LogP contribution in [0, 0.1) is 5.92 Å². The minimum Gasteiger partial charge on any atom is -0.464 e. The van der Waals surface area contributed by atoms with E-state index in [1.807, 2.05) is 6.92 Å². The molecule has 4 heteroatoms. The second-order valence-corrected chi connectivity index (χ2v) is 4.97. The van der Waals surface area contributed by atoms with Crippen LogP contribution in [-0.2, 0) is 14.3 Å². The molecule has 2 unspecified atom stereocenters. The van der Waals surface area contributed by atoms with E-state index in [1.165, 1.54) is 0 Å². The first-order valence-electron chi connectivity index (χ1n) is 7.17. The molecule has 0 aliphatic carbocycles. The zero-order valence-corrected chi connectivity index (χ0v) is 12.0. The van der Waals surface area contributed by atoms with Crippen molar-refractivity contribution < 1.29 is 14.3 Å². The van der Waals surface area contributed by atoms with Crippen LogP contribution in [-0.4, -0.2) is 49.8 Å². The molecule has 0 N–H and O–H groups in total. The van der Waals surface area contributed by atoms with Gasteiger partial charge in [0, 0.05) is 13.2 Å². The first-order chi connectivity index (χ1) is 8.67. The zero-order valence-electron chi connectivity index (χ0n) is 12.0. The van der Waals surface area contributed by atoms with E-state index < -0.39 is 0 Å². The zero-order chi connectivity index (χ0) is 13.4. The first kappa shape index (κ1) is 15.4. The number of hydrogen-bond donors (Lipinski definition) is 0. The Morgan fingerprint density at radius 3 is 2.72 bits per heavy atom. The number of ether oxygens (including phenoxy) is 2. The maximum absolute atomic E-state index is 11.8. The second kappa shape index (κ2) is 8.48. The van der Waals surface area contributed by atoms with Crippen LogP contribution in [0.15, 0.2) is 0 Å². The lowest BCUT2D eigenvalue weighted by Crippen LogP contribution is -2.29. The Bertz CT molecular complexity index is 235. The van der Waals surface area contributed by atoms with Gasteiger partial charge >= 0.3 is 5.97 Å². The third kappa shape index (κ3) is 5.36. The largest absolute Gasteiger partial charge is 0.464 e. The van der Waals surface area contributed by atoms with E-state index in [2.05, 4.69) is 18.7 Å². The van der Waals surface area contributed by atoms with E-state index in [1.54, 1.807) is 0 Å². The van der Waals surface area contributed by atoms with Crippen LogP contribution >= 0.6 is 0 Å². The number of esters is 1. The van der Waals surface area contributed by atoms with Crippen LogP contribution < -0.4 is 0 Å². The Morgan fingerprint density at radius 1 is 1.44 bits per heavy atom. The average molecular weight is 257 g/mol. The van der Waals surface area contributed by atoms with E-state index in [4.69, 9.17) is 9.47 Å². The van der Waals surface area contributed by atoms with Gasteiger partial charge in [0.25, 0.3) is 0 Å². The molecule has 0 radical (unpaired) electrons. The summed E-state index contributed by atoms with van der Waals surface area (Å²) in [7, 11) is 0. The van der Waals surface area contributed by atoms with Crippen LogP contribution in [0.4, 0.5) is 0 Å². The highest BCUT2D eigenvalue weighted by Gasteiger charge is 2.23. The summed E-state index contributed by atoms with van der Waals surface area (Å²) in [5.74, 6) is -0.137. The van der Waals surface area contributed by atoms with Gasteiger partial charge in [-0.25, -0.2) is 0 Å². The SMILES string of the molecule is CCN(CC)CCOC(=O)C(C)CC1CCCO1. The predicted molar refractivity (Wildman–Crippen MR) is 71.5 cm³/mol. The summed E-state index contributed by atoms with van der Waals surface area (Å²) in [5, 5.41) is 0. The molecule has 1 aliphatic rings. The summed E-state index contributed by atoms with van der Waals surface area (Å²) in [6, 6.07) is 0. The fourth-order valence-corrected chi connectivity index (χ4v) is 2.28. The Hall–Kier alpha value is -0.610. The average Bonchev–Trinajstić information content (AvgIpc) is 2.87. The molecule has 0 bridgehead atoms. The fraction of sp³-hybridized carbons (Fsp3) is 0.929. The van der Waals surface area contributed by atoms with Gasteiger partial charge in [-0.1, -0.05) is 20.8 Å². The predicted octanol–water partition coefficient (Wildman–Crippen LogP) is 2.08. The van der Waals surface area contributed by atoms with Crippen LogP contribution in [0.25, 0.3) is 0 Å². The first-order valence-corrected chi connectivity index (χ1v) is 7.17. The van der Waals surface area contributed by atoms with Crippen LogP contribution in [0.2, 0.25) is 0 Å². The molecule has 1 saturated heterocycles. The third-order valence-electron chi connectivity index (χ3n) is 3.59. The molecule has 1 rings (SSSR count). The lowest BCUT2D eigenvalue weighted by atomic mass is 10.0. The van der Waals surface area contributed by atoms with E-state index in [0.717, 1.165) is 45.5 Å². The van der Waals surface area contributed by atoms with Crippen molar-refractivity contribution in [2.75, 3.05) is 32.8 Å². The summed E-state index contributed by atoms with van der Waals surface area (Å²) in [5.41, 5.74) is 0. The molecule has 1 heterocycles. The lowest BCUT2D eigenvalue weighted by Gasteiger charge is -2.19. The van der Waals surface area contributed by atoms with Crippen molar-refractivity contribution in [2.24, 2.45) is 5.92 Å². The molecule has 0 aromatic carbocycles. The van der Waals surface area contributed by atoms with Gasteiger partial charge in [0.05, 0.1) is 12.0 Å². The number of nitrogens with zero attached hydrogens (tertiary/aromatic N) is 1. The Labute approximate surface area is 111 Å². The fourth-order valence-electron chi connectivity index (χ4n) is 2.28. The van der Waals surface area contributed by atoms with Gasteiger partial charge in [0.2, 0.25) is 0 Å². The van der Waals surface area contributed by atoms with E-state index in [-0.39, 0.29) is 18.0 Å². The number of likely N-dealkylation sites (N-methyl/N-ethyl adjacent to an activating group) is 1. The molecule has 0 aromatic rings. The number of rotatable bonds is 8. The highest BCUT2D eigenvalue weighted by Crippen LogP contribution is 2.20. The van der Waals surface area contributed by atoms with Crippen LogP contribution in [0.5, 0.6) is 0 Å². The Balaban J connectivity index is 2.14. The van der Waals surface area contributed by atoms with Gasteiger partial charge in [0.15, 0.2) is 0 Å². The molecule has 0 saturated carbocycles. The molecule has 106 valence electrons. The summed E-state index contributed by atoms with van der Waals surface area (Å²) in [4.78, 5) is 14.0. The van der Waals surface area contributed by atoms with Gasteiger partial charge < -0.3 is 14.4 Å². The monoisotopic (exact) mass is 257 g/mol. The van der Waals surface area contributed by atoms with Gasteiger partial charge in [-0.05, 0) is 32.4 Å². The number of hydrogen-bond acceptors (Lipinski definition) is 4. The highest BCUT2D eigenvalue weighted by atomic mass is 16.5. The molecule has 0 spiro atoms. The molecule has 2 atom stereocenters. The quantitative estimate of drug-likeness (QED) is 0.624. The lowest BCUT2D eigenvalue weighted by molar-refractivity contribution is -0.149. The van der Waals surface area contributed by atoms with Gasteiger partial charge in [-0.3, -0.25) is 4.79 Å². The van der Waals surface area contributed by atoms with E-state index >= 15 is 0 Å². The molecule has 1 aliphatic heterocycles. The standard InChI is InChI=1S/C14H27NO3/c1-4-15(5-2)8-10-18-14(16)12(3)11-13-7-6-9-17-13/h12-13H,4-11H2,1-3H3. The van der Waals surface area contributed by atoms with E-state index in [9.17, 15) is 4.79 Å². The molecule has 1 fully saturated rings. The summed E-state index contributed by atoms with van der Waals surface area (Å²) >= 11 is 0. The molecule has 0 amide bonds. The molecule has 4 nitrogen and oxygen atoms in total. The Kier molecular flexibility index (Phi) is 7.28. The van der Waals surface area contributed by atoms with Gasteiger partial charge in [0.1, 0.15) is 6.61 Å². The smallest absolute Gasteiger partial charge is 0.308 e. The summed E-state index contributed by atoms with van der Waals surface area (Å²) in [6.07, 6.45) is 3.26. The normalized spacial score (nSPS) is 21.2. The number of carbonyl (C=O) groups is 1. The van der Waals surface area contributed by atoms with Gasteiger partial charge in [-0.15, -0.1) is 0 Å². The number of carbonyl (C=O) groups excluding carboxylic acids is 1. The highest BCUT2D eigenvalue weighted by molar-refractivity contribution is 5.72. The van der Waals surface area contributed by atoms with Crippen molar-refractivity contribution in [3.8, 4) is 0 Å². The maximum Gasteiger partial charge on any atom is 0.308 e. The minimum absolute atomic E-state index is 0.0511. The molecule has 0 aromatic heterocycles. The molecule has 18 heavy (non-hydrogen) atoms. The minimum atomic E-state index is -0.0855. The topological polar surface area (TPSA) is 38.8 Å². The van der Waals surface area contributed by atoms with Crippen LogP contribution in [0.1, 0.15) is 40.0 Å². The summed E-state index contributed by atoms with van der Waals surface area (Å²) in [6.45, 7) is 10.3.